The molecule has 0 radical (unpaired) electrons. The zero-order chi connectivity index (χ0) is 13.9. The Hall–Kier alpha value is -0.490. The monoisotopic (exact) mass is 269 g/mol. The van der Waals surface area contributed by atoms with Crippen LogP contribution in [-0.2, 0) is 13.6 Å². The number of nitro groups is 1. The lowest BCUT2D eigenvalue weighted by molar-refractivity contribution is -0.494. The number of rotatable bonds is 7. The molecule has 7 nitrogen and oxygen atoms in total. The molecule has 0 aromatic rings. The molecule has 0 amide bonds. The second kappa shape index (κ2) is 5.91. The van der Waals surface area contributed by atoms with E-state index >= 15 is 0 Å². The molecule has 102 valence electrons. The second-order valence-electron chi connectivity index (χ2n) is 4.51. The van der Waals surface area contributed by atoms with Crippen LogP contribution in [0.1, 0.15) is 34.6 Å². The molecule has 17 heavy (non-hydrogen) atoms. The average molecular weight is 269 g/mol. The summed E-state index contributed by atoms with van der Waals surface area (Å²) >= 11 is 0. The first-order valence-electron chi connectivity index (χ1n) is 5.31. The normalized spacial score (nSPS) is 16.2. The lowest BCUT2D eigenvalue weighted by Crippen LogP contribution is -2.36. The van der Waals surface area contributed by atoms with Crippen molar-refractivity contribution in [1.29, 1.82) is 0 Å². The van der Waals surface area contributed by atoms with Crippen LogP contribution in [0.2, 0.25) is 0 Å². The maximum absolute atomic E-state index is 12.4. The topological polar surface area (TPSA) is 98.9 Å². The molecule has 0 aliphatic carbocycles. The van der Waals surface area contributed by atoms with Crippen LogP contribution in [0.25, 0.3) is 0 Å². The van der Waals surface area contributed by atoms with E-state index in [2.05, 4.69) is 0 Å². The van der Waals surface area contributed by atoms with Crippen molar-refractivity contribution in [2.24, 2.45) is 0 Å². The Kier molecular flexibility index (Phi) is 5.74. The summed E-state index contributed by atoms with van der Waals surface area (Å²) < 4.78 is 22.6. The zero-order valence-corrected chi connectivity index (χ0v) is 11.6. The van der Waals surface area contributed by atoms with Gasteiger partial charge >= 0.3 is 7.60 Å². The third kappa shape index (κ3) is 5.12. The summed E-state index contributed by atoms with van der Waals surface area (Å²) in [4.78, 5) is 9.70. The molecule has 0 bridgehead atoms. The van der Waals surface area contributed by atoms with Crippen LogP contribution < -0.4 is 0 Å². The van der Waals surface area contributed by atoms with Gasteiger partial charge in [-0.25, -0.2) is 0 Å². The standard InChI is InChI=1S/C9H20NO6P/c1-7(2)15-17(14,16-8(3)4)9(5,11)6-10(12)13/h7-8,11H,6H2,1-5H3. The molecule has 8 heteroatoms. The number of aliphatic hydroxyl groups is 1. The molecule has 1 unspecified atom stereocenters. The summed E-state index contributed by atoms with van der Waals surface area (Å²) in [6.07, 6.45) is -0.948. The van der Waals surface area contributed by atoms with Gasteiger partial charge in [-0.15, -0.1) is 0 Å². The Morgan fingerprint density at radius 1 is 1.29 bits per heavy atom. The summed E-state index contributed by atoms with van der Waals surface area (Å²) in [6.45, 7) is 6.62. The van der Waals surface area contributed by atoms with E-state index in [1.165, 1.54) is 0 Å². The first kappa shape index (κ1) is 16.5. The average Bonchev–Trinajstić information content (AvgIpc) is 1.96. The van der Waals surface area contributed by atoms with Crippen LogP contribution in [0, 0.1) is 10.1 Å². The van der Waals surface area contributed by atoms with Gasteiger partial charge in [-0.2, -0.15) is 0 Å². The smallest absolute Gasteiger partial charge is 0.369 e. The molecule has 0 saturated heterocycles. The summed E-state index contributed by atoms with van der Waals surface area (Å²) in [7, 11) is -3.97. The van der Waals surface area contributed by atoms with Gasteiger partial charge in [0.25, 0.3) is 0 Å². The Morgan fingerprint density at radius 2 is 1.65 bits per heavy atom. The summed E-state index contributed by atoms with van der Waals surface area (Å²) in [5, 5.41) is 18.2. The third-order valence-corrected chi connectivity index (χ3v) is 4.44. The molecular formula is C9H20NO6P. The van der Waals surface area contributed by atoms with Crippen molar-refractivity contribution in [2.45, 2.75) is 52.2 Å². The molecule has 1 N–H and O–H groups in total. The van der Waals surface area contributed by atoms with Crippen molar-refractivity contribution in [3.63, 3.8) is 0 Å². The van der Waals surface area contributed by atoms with Gasteiger partial charge in [0.15, 0.2) is 0 Å². The minimum atomic E-state index is -3.97. The SMILES string of the molecule is CC(C)OP(=O)(OC(C)C)C(C)(O)C[N+](=O)[O-]. The highest BCUT2D eigenvalue weighted by Gasteiger charge is 2.51. The predicted molar refractivity (Wildman–Crippen MR) is 62.5 cm³/mol. The van der Waals surface area contributed by atoms with Gasteiger partial charge in [-0.3, -0.25) is 14.7 Å². The van der Waals surface area contributed by atoms with Gasteiger partial charge in [0.1, 0.15) is 0 Å². The summed E-state index contributed by atoms with van der Waals surface area (Å²) in [5.74, 6) is 0. The highest BCUT2D eigenvalue weighted by Crippen LogP contribution is 2.60. The van der Waals surface area contributed by atoms with E-state index in [1.807, 2.05) is 0 Å². The van der Waals surface area contributed by atoms with Gasteiger partial charge in [0, 0.05) is 4.92 Å². The highest BCUT2D eigenvalue weighted by atomic mass is 31.2. The maximum atomic E-state index is 12.4. The summed E-state index contributed by atoms with van der Waals surface area (Å²) in [6, 6.07) is 0. The molecular weight excluding hydrogens is 249 g/mol. The lowest BCUT2D eigenvalue weighted by Gasteiger charge is -2.31. The number of hydrogen-bond donors (Lipinski definition) is 1. The minimum Gasteiger partial charge on any atom is -0.373 e. The predicted octanol–water partition coefficient (Wildman–Crippen LogP) is 2.01. The van der Waals surface area contributed by atoms with E-state index < -0.39 is 36.6 Å². The fourth-order valence-electron chi connectivity index (χ4n) is 1.14. The molecule has 0 aromatic carbocycles. The van der Waals surface area contributed by atoms with Gasteiger partial charge < -0.3 is 14.2 Å². The Bertz CT molecular complexity index is 301. The van der Waals surface area contributed by atoms with Gasteiger partial charge in [0.05, 0.1) is 12.2 Å². The van der Waals surface area contributed by atoms with Crippen molar-refractivity contribution < 1.29 is 23.6 Å². The summed E-state index contributed by atoms with van der Waals surface area (Å²) in [5.41, 5.74) is 0. The molecule has 0 fully saturated rings. The van der Waals surface area contributed by atoms with Crippen LogP contribution in [0.15, 0.2) is 0 Å². The van der Waals surface area contributed by atoms with Crippen LogP contribution in [0.5, 0.6) is 0 Å². The van der Waals surface area contributed by atoms with Crippen molar-refractivity contribution in [2.75, 3.05) is 6.54 Å². The molecule has 0 aliphatic heterocycles. The van der Waals surface area contributed by atoms with Crippen molar-refractivity contribution in [3.05, 3.63) is 10.1 Å². The Balaban J connectivity index is 5.14. The van der Waals surface area contributed by atoms with Crippen molar-refractivity contribution in [1.82, 2.24) is 0 Å². The van der Waals surface area contributed by atoms with E-state index in [1.54, 1.807) is 27.7 Å². The molecule has 0 saturated carbocycles. The van der Waals surface area contributed by atoms with Crippen LogP contribution in [0.3, 0.4) is 0 Å². The number of hydrogen-bond acceptors (Lipinski definition) is 6. The fourth-order valence-corrected chi connectivity index (χ4v) is 3.04. The van der Waals surface area contributed by atoms with E-state index in [9.17, 15) is 19.8 Å². The van der Waals surface area contributed by atoms with E-state index in [0.29, 0.717) is 0 Å². The molecule has 0 aromatic heterocycles. The maximum Gasteiger partial charge on any atom is 0.369 e. The second-order valence-corrected chi connectivity index (χ2v) is 6.89. The molecule has 0 rings (SSSR count). The quantitative estimate of drug-likeness (QED) is 0.431. The van der Waals surface area contributed by atoms with E-state index in [0.717, 1.165) is 6.92 Å². The number of nitrogens with zero attached hydrogens (tertiary/aromatic N) is 1. The fraction of sp³-hybridized carbons (Fsp3) is 1.00. The third-order valence-electron chi connectivity index (χ3n) is 1.72. The van der Waals surface area contributed by atoms with Gasteiger partial charge in [0.2, 0.25) is 11.9 Å². The zero-order valence-electron chi connectivity index (χ0n) is 10.7. The van der Waals surface area contributed by atoms with Crippen molar-refractivity contribution in [3.8, 4) is 0 Å². The largest absolute Gasteiger partial charge is 0.373 e. The highest BCUT2D eigenvalue weighted by molar-refractivity contribution is 7.55. The van der Waals surface area contributed by atoms with Crippen LogP contribution in [-0.4, -0.2) is 34.1 Å². The van der Waals surface area contributed by atoms with Crippen LogP contribution >= 0.6 is 7.60 Å². The van der Waals surface area contributed by atoms with E-state index in [-0.39, 0.29) is 0 Å². The van der Waals surface area contributed by atoms with E-state index in [4.69, 9.17) is 9.05 Å². The molecule has 1 atom stereocenters. The molecule has 0 heterocycles. The van der Waals surface area contributed by atoms with Gasteiger partial charge in [-0.05, 0) is 34.6 Å². The first-order valence-corrected chi connectivity index (χ1v) is 6.85. The van der Waals surface area contributed by atoms with Gasteiger partial charge in [-0.1, -0.05) is 0 Å². The molecule has 0 aliphatic rings. The van der Waals surface area contributed by atoms with Crippen molar-refractivity contribution >= 4 is 7.60 Å². The molecule has 0 spiro atoms. The Labute approximate surface area is 101 Å². The van der Waals surface area contributed by atoms with Crippen LogP contribution in [0.4, 0.5) is 0 Å². The lowest BCUT2D eigenvalue weighted by atomic mass is 10.4. The Morgan fingerprint density at radius 3 is 1.88 bits per heavy atom. The minimum absolute atomic E-state index is 0.474. The first-order chi connectivity index (χ1) is 7.50.